The molecule has 1 atom stereocenters. The number of nitrogens with two attached hydrogens (primary N) is 1. The molecule has 102 valence electrons. The third-order valence-electron chi connectivity index (χ3n) is 4.08. The monoisotopic (exact) mass is 275 g/mol. The van der Waals surface area contributed by atoms with E-state index in [-0.39, 0.29) is 4.75 Å². The van der Waals surface area contributed by atoms with E-state index in [1.54, 1.807) is 0 Å². The van der Waals surface area contributed by atoms with Gasteiger partial charge in [-0.2, -0.15) is 16.9 Å². The van der Waals surface area contributed by atoms with Gasteiger partial charge in [0, 0.05) is 29.6 Å². The van der Waals surface area contributed by atoms with Crippen LogP contribution in [0.1, 0.15) is 25.5 Å². The van der Waals surface area contributed by atoms with E-state index in [2.05, 4.69) is 35.9 Å². The van der Waals surface area contributed by atoms with Crippen molar-refractivity contribution in [3.63, 3.8) is 0 Å². The maximum atomic E-state index is 6.04. The summed E-state index contributed by atoms with van der Waals surface area (Å²) in [4.78, 5) is 0. The summed E-state index contributed by atoms with van der Waals surface area (Å²) < 4.78 is 2.32. The van der Waals surface area contributed by atoms with Crippen molar-refractivity contribution >= 4 is 22.7 Å². The average molecular weight is 275 g/mol. The van der Waals surface area contributed by atoms with Gasteiger partial charge in [-0.1, -0.05) is 18.2 Å². The molecular formula is C15H21N3S. The van der Waals surface area contributed by atoms with Gasteiger partial charge in [0.25, 0.3) is 0 Å². The SMILES string of the molecule is CCn1nc(CC2(CN)CCCS2)c2ccccc21. The Hall–Kier alpha value is -1.00. The maximum absolute atomic E-state index is 6.04. The van der Waals surface area contributed by atoms with Crippen LogP contribution < -0.4 is 5.73 Å². The maximum Gasteiger partial charge on any atom is 0.0717 e. The molecule has 1 fully saturated rings. The van der Waals surface area contributed by atoms with Gasteiger partial charge in [0.2, 0.25) is 0 Å². The van der Waals surface area contributed by atoms with Crippen LogP contribution in [0.25, 0.3) is 10.9 Å². The van der Waals surface area contributed by atoms with Crippen LogP contribution in [-0.4, -0.2) is 26.8 Å². The lowest BCUT2D eigenvalue weighted by molar-refractivity contribution is 0.550. The molecule has 1 aromatic carbocycles. The van der Waals surface area contributed by atoms with Crippen molar-refractivity contribution < 1.29 is 0 Å². The van der Waals surface area contributed by atoms with Gasteiger partial charge in [-0.25, -0.2) is 0 Å². The zero-order chi connectivity index (χ0) is 13.3. The third kappa shape index (κ3) is 2.28. The molecule has 0 bridgehead atoms. The molecule has 19 heavy (non-hydrogen) atoms. The van der Waals surface area contributed by atoms with E-state index in [0.29, 0.717) is 0 Å². The number of nitrogens with zero attached hydrogens (tertiary/aromatic N) is 2. The molecule has 1 unspecified atom stereocenters. The highest BCUT2D eigenvalue weighted by atomic mass is 32.2. The molecule has 2 aromatic rings. The smallest absolute Gasteiger partial charge is 0.0717 e. The predicted octanol–water partition coefficient (Wildman–Crippen LogP) is 2.82. The summed E-state index contributed by atoms with van der Waals surface area (Å²) in [5.41, 5.74) is 8.51. The summed E-state index contributed by atoms with van der Waals surface area (Å²) in [6, 6.07) is 8.54. The molecule has 1 saturated heterocycles. The van der Waals surface area contributed by atoms with Gasteiger partial charge < -0.3 is 5.73 Å². The lowest BCUT2D eigenvalue weighted by Gasteiger charge is -2.25. The Balaban J connectivity index is 2.01. The van der Waals surface area contributed by atoms with Crippen molar-refractivity contribution in [3.05, 3.63) is 30.0 Å². The van der Waals surface area contributed by atoms with Crippen LogP contribution in [-0.2, 0) is 13.0 Å². The molecule has 0 aliphatic carbocycles. The van der Waals surface area contributed by atoms with E-state index in [9.17, 15) is 0 Å². The number of para-hydroxylation sites is 1. The third-order valence-corrected chi connectivity index (χ3v) is 5.70. The molecule has 2 heterocycles. The second kappa shape index (κ2) is 5.17. The number of hydrogen-bond acceptors (Lipinski definition) is 3. The van der Waals surface area contributed by atoms with Gasteiger partial charge >= 0.3 is 0 Å². The highest BCUT2D eigenvalue weighted by Gasteiger charge is 2.34. The first-order chi connectivity index (χ1) is 9.28. The Bertz CT molecular complexity index is 570. The van der Waals surface area contributed by atoms with Crippen molar-refractivity contribution in [3.8, 4) is 0 Å². The first-order valence-electron chi connectivity index (χ1n) is 7.06. The second-order valence-electron chi connectivity index (χ2n) is 5.30. The fourth-order valence-electron chi connectivity index (χ4n) is 3.00. The van der Waals surface area contributed by atoms with Gasteiger partial charge in [0.1, 0.15) is 0 Å². The van der Waals surface area contributed by atoms with Crippen LogP contribution in [0.2, 0.25) is 0 Å². The van der Waals surface area contributed by atoms with Crippen molar-refractivity contribution in [2.24, 2.45) is 5.73 Å². The summed E-state index contributed by atoms with van der Waals surface area (Å²) in [6.45, 7) is 3.82. The van der Waals surface area contributed by atoms with Gasteiger partial charge in [0.05, 0.1) is 11.2 Å². The molecule has 0 saturated carbocycles. The minimum absolute atomic E-state index is 0.218. The highest BCUT2D eigenvalue weighted by molar-refractivity contribution is 8.00. The first kappa shape index (κ1) is 13.0. The van der Waals surface area contributed by atoms with Crippen molar-refractivity contribution in [2.75, 3.05) is 12.3 Å². The molecule has 1 aliphatic rings. The molecule has 3 rings (SSSR count). The molecule has 4 heteroatoms. The fourth-order valence-corrected chi connectivity index (χ4v) is 4.37. The molecule has 0 spiro atoms. The van der Waals surface area contributed by atoms with E-state index in [1.165, 1.54) is 35.2 Å². The molecule has 2 N–H and O–H groups in total. The van der Waals surface area contributed by atoms with E-state index >= 15 is 0 Å². The molecule has 1 aliphatic heterocycles. The minimum Gasteiger partial charge on any atom is -0.329 e. The van der Waals surface area contributed by atoms with E-state index in [0.717, 1.165) is 19.5 Å². The average Bonchev–Trinajstić information content (AvgIpc) is 3.05. The number of aromatic nitrogens is 2. The van der Waals surface area contributed by atoms with E-state index in [4.69, 9.17) is 10.8 Å². The largest absolute Gasteiger partial charge is 0.329 e. The topological polar surface area (TPSA) is 43.8 Å². The molecule has 1 aromatic heterocycles. The second-order valence-corrected chi connectivity index (χ2v) is 6.86. The Morgan fingerprint density at radius 2 is 2.26 bits per heavy atom. The lowest BCUT2D eigenvalue weighted by atomic mass is 9.96. The summed E-state index contributed by atoms with van der Waals surface area (Å²) >= 11 is 2.04. The first-order valence-corrected chi connectivity index (χ1v) is 8.05. The van der Waals surface area contributed by atoms with Crippen LogP contribution in [0, 0.1) is 0 Å². The number of fused-ring (bicyclic) bond motifs is 1. The molecule has 3 nitrogen and oxygen atoms in total. The van der Waals surface area contributed by atoms with Crippen LogP contribution >= 0.6 is 11.8 Å². The van der Waals surface area contributed by atoms with Gasteiger partial charge in [0.15, 0.2) is 0 Å². The Morgan fingerprint density at radius 1 is 1.42 bits per heavy atom. The van der Waals surface area contributed by atoms with Crippen molar-refractivity contribution in [1.29, 1.82) is 0 Å². The van der Waals surface area contributed by atoms with Crippen LogP contribution in [0.5, 0.6) is 0 Å². The van der Waals surface area contributed by atoms with Crippen molar-refractivity contribution in [1.82, 2.24) is 9.78 Å². The number of thioether (sulfide) groups is 1. The van der Waals surface area contributed by atoms with Gasteiger partial charge in [-0.15, -0.1) is 0 Å². The minimum atomic E-state index is 0.218. The van der Waals surface area contributed by atoms with Crippen LogP contribution in [0.3, 0.4) is 0 Å². The summed E-state index contributed by atoms with van der Waals surface area (Å²) in [6.07, 6.45) is 3.51. The normalized spacial score (nSPS) is 23.3. The predicted molar refractivity (Wildman–Crippen MR) is 82.6 cm³/mol. The number of aryl methyl sites for hydroxylation is 1. The van der Waals surface area contributed by atoms with Crippen LogP contribution in [0.15, 0.2) is 24.3 Å². The quantitative estimate of drug-likeness (QED) is 0.933. The van der Waals surface area contributed by atoms with Crippen molar-refractivity contribution in [2.45, 2.75) is 37.5 Å². The van der Waals surface area contributed by atoms with Crippen LogP contribution in [0.4, 0.5) is 0 Å². The Morgan fingerprint density at radius 3 is 2.95 bits per heavy atom. The highest BCUT2D eigenvalue weighted by Crippen LogP contribution is 2.40. The fraction of sp³-hybridized carbons (Fsp3) is 0.533. The zero-order valence-electron chi connectivity index (χ0n) is 11.4. The zero-order valence-corrected chi connectivity index (χ0v) is 12.2. The van der Waals surface area contributed by atoms with Gasteiger partial charge in [-0.05, 0) is 31.6 Å². The summed E-state index contributed by atoms with van der Waals surface area (Å²) in [5.74, 6) is 1.24. The number of benzene rings is 1. The molecular weight excluding hydrogens is 254 g/mol. The number of rotatable bonds is 4. The van der Waals surface area contributed by atoms with E-state index in [1.807, 2.05) is 11.8 Å². The molecule has 0 radical (unpaired) electrons. The Labute approximate surface area is 118 Å². The van der Waals surface area contributed by atoms with E-state index < -0.39 is 0 Å². The van der Waals surface area contributed by atoms with Gasteiger partial charge in [-0.3, -0.25) is 4.68 Å². The Kier molecular flexibility index (Phi) is 3.54. The summed E-state index contributed by atoms with van der Waals surface area (Å²) in [5, 5.41) is 6.11. The number of hydrogen-bond donors (Lipinski definition) is 1. The standard InChI is InChI=1S/C15H21N3S/c1-2-18-14-7-4-3-6-12(14)13(17-18)10-15(11-16)8-5-9-19-15/h3-4,6-7H,2,5,8-11,16H2,1H3. The molecule has 0 amide bonds. The lowest BCUT2D eigenvalue weighted by Crippen LogP contribution is -2.34. The summed E-state index contributed by atoms with van der Waals surface area (Å²) in [7, 11) is 0.